The Balaban J connectivity index is 2.77. The lowest BCUT2D eigenvalue weighted by molar-refractivity contribution is 0.0765. The number of hydrogen-bond acceptors (Lipinski definition) is 1. The van der Waals surface area contributed by atoms with E-state index >= 15 is 0 Å². The van der Waals surface area contributed by atoms with E-state index in [1.807, 2.05) is 24.3 Å². The molecule has 0 aliphatic rings. The van der Waals surface area contributed by atoms with Crippen LogP contribution in [0.5, 0.6) is 0 Å². The van der Waals surface area contributed by atoms with Crippen LogP contribution in [0.2, 0.25) is 0 Å². The third-order valence-corrected chi connectivity index (χ3v) is 2.92. The van der Waals surface area contributed by atoms with Crippen LogP contribution < -0.4 is 0 Å². The zero-order valence-electron chi connectivity index (χ0n) is 9.25. The van der Waals surface area contributed by atoms with E-state index < -0.39 is 0 Å². The van der Waals surface area contributed by atoms with Crippen molar-refractivity contribution in [3.8, 4) is 0 Å². The van der Waals surface area contributed by atoms with Gasteiger partial charge in [0.1, 0.15) is 0 Å². The maximum atomic E-state index is 12.1. The normalized spacial score (nSPS) is 10.2. The molecule has 0 aliphatic carbocycles. The molecule has 0 saturated carbocycles. The van der Waals surface area contributed by atoms with Gasteiger partial charge in [0.05, 0.1) is 0 Å². The van der Waals surface area contributed by atoms with Gasteiger partial charge in [-0.25, -0.2) is 0 Å². The van der Waals surface area contributed by atoms with Gasteiger partial charge in [0.25, 0.3) is 5.91 Å². The lowest BCUT2D eigenvalue weighted by atomic mass is 10.2. The van der Waals surface area contributed by atoms with Gasteiger partial charge >= 0.3 is 0 Å². The van der Waals surface area contributed by atoms with E-state index in [4.69, 9.17) is 11.6 Å². The molecule has 0 radical (unpaired) electrons. The van der Waals surface area contributed by atoms with Crippen LogP contribution in [0, 0.1) is 0 Å². The third kappa shape index (κ3) is 3.80. The molecule has 0 bridgehead atoms. The van der Waals surface area contributed by atoms with E-state index in [-0.39, 0.29) is 5.91 Å². The van der Waals surface area contributed by atoms with Crippen molar-refractivity contribution < 1.29 is 4.79 Å². The molecule has 16 heavy (non-hydrogen) atoms. The summed E-state index contributed by atoms with van der Waals surface area (Å²) in [7, 11) is 0. The van der Waals surface area contributed by atoms with E-state index in [1.165, 1.54) is 0 Å². The van der Waals surface area contributed by atoms with Crippen LogP contribution >= 0.6 is 27.5 Å². The summed E-state index contributed by atoms with van der Waals surface area (Å²) in [6.45, 7) is 3.40. The topological polar surface area (TPSA) is 20.3 Å². The van der Waals surface area contributed by atoms with Crippen molar-refractivity contribution in [3.63, 3.8) is 0 Å². The summed E-state index contributed by atoms with van der Waals surface area (Å²) >= 11 is 9.03. The Morgan fingerprint density at radius 2 is 1.94 bits per heavy atom. The zero-order valence-corrected chi connectivity index (χ0v) is 11.6. The molecule has 2 nitrogen and oxygen atoms in total. The van der Waals surface area contributed by atoms with Crippen molar-refractivity contribution in [1.29, 1.82) is 0 Å². The molecule has 4 heteroatoms. The van der Waals surface area contributed by atoms with Crippen molar-refractivity contribution >= 4 is 33.4 Å². The zero-order chi connectivity index (χ0) is 12.0. The first-order chi connectivity index (χ1) is 7.69. The molecule has 1 amide bonds. The summed E-state index contributed by atoms with van der Waals surface area (Å²) in [6, 6.07) is 7.39. The standard InChI is InChI=1S/C12H15BrClNO/c1-2-8-15(9-7-14)12(16)10-3-5-11(13)6-4-10/h3-6H,2,7-9H2,1H3. The fraction of sp³-hybridized carbons (Fsp3) is 0.417. The maximum absolute atomic E-state index is 12.1. The van der Waals surface area contributed by atoms with E-state index in [9.17, 15) is 4.79 Å². The summed E-state index contributed by atoms with van der Waals surface area (Å²) < 4.78 is 0.975. The molecule has 0 fully saturated rings. The minimum atomic E-state index is 0.0509. The van der Waals surface area contributed by atoms with Crippen LogP contribution in [0.1, 0.15) is 23.7 Å². The van der Waals surface area contributed by atoms with Crippen molar-refractivity contribution in [1.82, 2.24) is 4.90 Å². The number of hydrogen-bond donors (Lipinski definition) is 0. The molecule has 1 aromatic carbocycles. The molecule has 88 valence electrons. The van der Waals surface area contributed by atoms with Crippen LogP contribution in [0.3, 0.4) is 0 Å². The first-order valence-corrected chi connectivity index (χ1v) is 6.62. The maximum Gasteiger partial charge on any atom is 0.253 e. The van der Waals surface area contributed by atoms with Crippen molar-refractivity contribution in [2.75, 3.05) is 19.0 Å². The van der Waals surface area contributed by atoms with Crippen molar-refractivity contribution in [2.45, 2.75) is 13.3 Å². The Bertz CT molecular complexity index is 333. The first-order valence-electron chi connectivity index (χ1n) is 5.29. The third-order valence-electron chi connectivity index (χ3n) is 2.23. The number of carbonyl (C=O) groups is 1. The minimum absolute atomic E-state index is 0.0509. The highest BCUT2D eigenvalue weighted by molar-refractivity contribution is 9.10. The predicted octanol–water partition coefficient (Wildman–Crippen LogP) is 3.54. The smallest absolute Gasteiger partial charge is 0.253 e. The number of alkyl halides is 1. The Morgan fingerprint density at radius 1 is 1.31 bits per heavy atom. The summed E-state index contributed by atoms with van der Waals surface area (Å²) in [5, 5.41) is 0. The van der Waals surface area contributed by atoms with Crippen molar-refractivity contribution in [3.05, 3.63) is 34.3 Å². The molecule has 0 atom stereocenters. The predicted molar refractivity (Wildman–Crippen MR) is 71.1 cm³/mol. The number of halogens is 2. The molecule has 0 N–H and O–H groups in total. The second-order valence-electron chi connectivity index (χ2n) is 3.49. The van der Waals surface area contributed by atoms with Gasteiger partial charge in [-0.3, -0.25) is 4.79 Å². The fourth-order valence-electron chi connectivity index (χ4n) is 1.46. The molecule has 1 aromatic rings. The highest BCUT2D eigenvalue weighted by atomic mass is 79.9. The monoisotopic (exact) mass is 303 g/mol. The summed E-state index contributed by atoms with van der Waals surface area (Å²) in [5.41, 5.74) is 0.710. The Kier molecular flexibility index (Phi) is 5.85. The number of amides is 1. The van der Waals surface area contributed by atoms with Gasteiger partial charge in [-0.1, -0.05) is 22.9 Å². The van der Waals surface area contributed by atoms with Gasteiger partial charge in [0.2, 0.25) is 0 Å². The van der Waals surface area contributed by atoms with Gasteiger partial charge in [-0.05, 0) is 30.7 Å². The van der Waals surface area contributed by atoms with Gasteiger partial charge in [-0.15, -0.1) is 11.6 Å². The van der Waals surface area contributed by atoms with Crippen LogP contribution in [0.15, 0.2) is 28.7 Å². The van der Waals surface area contributed by atoms with Crippen LogP contribution in [0.4, 0.5) is 0 Å². The van der Waals surface area contributed by atoms with E-state index in [0.717, 1.165) is 17.4 Å². The second-order valence-corrected chi connectivity index (χ2v) is 4.78. The molecular formula is C12H15BrClNO. The average Bonchev–Trinajstić information content (AvgIpc) is 2.29. The largest absolute Gasteiger partial charge is 0.337 e. The van der Waals surface area contributed by atoms with Gasteiger partial charge in [0, 0.05) is 29.0 Å². The van der Waals surface area contributed by atoms with Crippen molar-refractivity contribution in [2.24, 2.45) is 0 Å². The number of carbonyl (C=O) groups excluding carboxylic acids is 1. The SMILES string of the molecule is CCCN(CCCl)C(=O)c1ccc(Br)cc1. The minimum Gasteiger partial charge on any atom is -0.337 e. The fourth-order valence-corrected chi connectivity index (χ4v) is 1.93. The summed E-state index contributed by atoms with van der Waals surface area (Å²) in [6.07, 6.45) is 0.944. The highest BCUT2D eigenvalue weighted by Gasteiger charge is 2.13. The highest BCUT2D eigenvalue weighted by Crippen LogP contribution is 2.12. The number of benzene rings is 1. The Labute approximate surface area is 110 Å². The average molecular weight is 305 g/mol. The number of rotatable bonds is 5. The van der Waals surface area contributed by atoms with Gasteiger partial charge in [0.15, 0.2) is 0 Å². The van der Waals surface area contributed by atoms with Gasteiger partial charge in [-0.2, -0.15) is 0 Å². The molecule has 0 heterocycles. The lowest BCUT2D eigenvalue weighted by Crippen LogP contribution is -2.33. The van der Waals surface area contributed by atoms with E-state index in [0.29, 0.717) is 18.0 Å². The first kappa shape index (κ1) is 13.5. The summed E-state index contributed by atoms with van der Waals surface area (Å²) in [4.78, 5) is 13.9. The molecule has 0 saturated heterocycles. The Hall–Kier alpha value is -0.540. The van der Waals surface area contributed by atoms with E-state index in [1.54, 1.807) is 4.90 Å². The molecule has 0 aromatic heterocycles. The molecular weight excluding hydrogens is 289 g/mol. The van der Waals surface area contributed by atoms with Crippen LogP contribution in [0.25, 0.3) is 0 Å². The lowest BCUT2D eigenvalue weighted by Gasteiger charge is -2.20. The quantitative estimate of drug-likeness (QED) is 0.762. The Morgan fingerprint density at radius 3 is 2.44 bits per heavy atom. The molecule has 0 unspecified atom stereocenters. The van der Waals surface area contributed by atoms with Crippen LogP contribution in [-0.2, 0) is 0 Å². The van der Waals surface area contributed by atoms with Crippen LogP contribution in [-0.4, -0.2) is 29.8 Å². The molecule has 0 spiro atoms. The number of nitrogens with zero attached hydrogens (tertiary/aromatic N) is 1. The van der Waals surface area contributed by atoms with Gasteiger partial charge < -0.3 is 4.90 Å². The molecule has 0 aliphatic heterocycles. The molecule has 1 rings (SSSR count). The summed E-state index contributed by atoms with van der Waals surface area (Å²) in [5.74, 6) is 0.525. The van der Waals surface area contributed by atoms with E-state index in [2.05, 4.69) is 22.9 Å². The second kappa shape index (κ2) is 6.92.